The molecule has 0 fully saturated rings. The van der Waals surface area contributed by atoms with Gasteiger partial charge in [-0.15, -0.1) is 19.7 Å². The molecular weight excluding hydrogens is 160 g/mol. The summed E-state index contributed by atoms with van der Waals surface area (Å²) in [6, 6.07) is 0. The number of rotatable bonds is 0. The topological polar surface area (TPSA) is 63.6 Å². The standard InChI is InChI=1S/C3H4O4.C3H6.C2H4/c1-7-3(6)2(4)5;1-3-2;1-2/h1H3,(H,4,5);3H,1H2,2H3;1-2H2. The summed E-state index contributed by atoms with van der Waals surface area (Å²) in [4.78, 5) is 19.1. The Morgan fingerprint density at radius 3 is 1.67 bits per heavy atom. The van der Waals surface area contributed by atoms with Gasteiger partial charge in [0.05, 0.1) is 7.11 Å². The average molecular weight is 174 g/mol. The number of allylic oxidation sites excluding steroid dienone is 1. The predicted octanol–water partition coefficient (Wildman–Crippen LogP) is 1.24. The fourth-order valence-electron chi connectivity index (χ4n) is 0.0873. The van der Waals surface area contributed by atoms with Crippen LogP contribution >= 0.6 is 0 Å². The maximum absolute atomic E-state index is 9.69. The number of aliphatic carboxylic acids is 1. The van der Waals surface area contributed by atoms with Crippen LogP contribution in [0.5, 0.6) is 0 Å². The van der Waals surface area contributed by atoms with Crippen LogP contribution in [0, 0.1) is 0 Å². The lowest BCUT2D eigenvalue weighted by Crippen LogP contribution is -2.13. The minimum Gasteiger partial charge on any atom is -0.473 e. The van der Waals surface area contributed by atoms with Crippen molar-refractivity contribution in [2.45, 2.75) is 6.92 Å². The first-order chi connectivity index (χ1) is 5.59. The van der Waals surface area contributed by atoms with Crippen molar-refractivity contribution in [3.8, 4) is 0 Å². The Bertz CT molecular complexity index is 140. The van der Waals surface area contributed by atoms with Gasteiger partial charge < -0.3 is 9.84 Å². The number of carbonyl (C=O) groups is 2. The van der Waals surface area contributed by atoms with Crippen LogP contribution in [-0.4, -0.2) is 24.2 Å². The third kappa shape index (κ3) is 23.7. The number of carboxylic acid groups (broad SMARTS) is 1. The fourth-order valence-corrected chi connectivity index (χ4v) is 0.0873. The normalized spacial score (nSPS) is 5.83. The van der Waals surface area contributed by atoms with Gasteiger partial charge in [-0.3, -0.25) is 0 Å². The van der Waals surface area contributed by atoms with Crippen LogP contribution in [0.1, 0.15) is 6.92 Å². The first kappa shape index (κ1) is 16.8. The molecular formula is C8H14O4. The monoisotopic (exact) mass is 174 g/mol. The van der Waals surface area contributed by atoms with Gasteiger partial charge in [0, 0.05) is 0 Å². The number of methoxy groups -OCH3 is 1. The zero-order valence-electron chi connectivity index (χ0n) is 7.37. The lowest BCUT2D eigenvalue weighted by atomic mass is 10.7. The summed E-state index contributed by atoms with van der Waals surface area (Å²) in [7, 11) is 1.01. The molecule has 0 radical (unpaired) electrons. The van der Waals surface area contributed by atoms with Crippen LogP contribution in [0.2, 0.25) is 0 Å². The van der Waals surface area contributed by atoms with Gasteiger partial charge in [-0.25, -0.2) is 9.59 Å². The third-order valence-corrected chi connectivity index (χ3v) is 0.360. The van der Waals surface area contributed by atoms with Gasteiger partial charge in [0.25, 0.3) is 0 Å². The second kappa shape index (κ2) is 16.2. The van der Waals surface area contributed by atoms with Crippen LogP contribution in [0.4, 0.5) is 0 Å². The molecule has 0 aliphatic heterocycles. The van der Waals surface area contributed by atoms with E-state index in [1.807, 2.05) is 6.92 Å². The maximum atomic E-state index is 9.69. The van der Waals surface area contributed by atoms with Crippen LogP contribution in [0.3, 0.4) is 0 Å². The van der Waals surface area contributed by atoms with E-state index in [4.69, 9.17) is 5.11 Å². The van der Waals surface area contributed by atoms with Gasteiger partial charge in [0.2, 0.25) is 0 Å². The molecule has 0 aromatic rings. The fraction of sp³-hybridized carbons (Fsp3) is 0.250. The Morgan fingerprint density at radius 2 is 1.67 bits per heavy atom. The van der Waals surface area contributed by atoms with Crippen molar-refractivity contribution < 1.29 is 19.4 Å². The molecule has 70 valence electrons. The van der Waals surface area contributed by atoms with E-state index in [0.29, 0.717) is 0 Å². The van der Waals surface area contributed by atoms with Crippen LogP contribution in [0.25, 0.3) is 0 Å². The molecule has 0 aliphatic carbocycles. The molecule has 0 aromatic carbocycles. The second-order valence-electron chi connectivity index (χ2n) is 1.20. The van der Waals surface area contributed by atoms with E-state index in [1.54, 1.807) is 6.08 Å². The van der Waals surface area contributed by atoms with Crippen molar-refractivity contribution >= 4 is 11.9 Å². The largest absolute Gasteiger partial charge is 0.473 e. The molecule has 0 unspecified atom stereocenters. The van der Waals surface area contributed by atoms with Crippen molar-refractivity contribution in [2.24, 2.45) is 0 Å². The van der Waals surface area contributed by atoms with Crippen molar-refractivity contribution in [3.05, 3.63) is 25.8 Å². The summed E-state index contributed by atoms with van der Waals surface area (Å²) < 4.78 is 3.77. The molecule has 12 heavy (non-hydrogen) atoms. The highest BCUT2D eigenvalue weighted by Gasteiger charge is 2.08. The number of carboxylic acids is 1. The van der Waals surface area contributed by atoms with Gasteiger partial charge in [-0.05, 0) is 6.92 Å². The summed E-state index contributed by atoms with van der Waals surface area (Å²) in [6.07, 6.45) is 1.75. The third-order valence-electron chi connectivity index (χ3n) is 0.360. The molecule has 0 atom stereocenters. The quantitative estimate of drug-likeness (QED) is 0.341. The van der Waals surface area contributed by atoms with Gasteiger partial charge in [0.15, 0.2) is 0 Å². The zero-order valence-corrected chi connectivity index (χ0v) is 7.37. The summed E-state index contributed by atoms with van der Waals surface area (Å²) in [5.41, 5.74) is 0. The molecule has 0 heterocycles. The van der Waals surface area contributed by atoms with E-state index < -0.39 is 11.9 Å². The molecule has 0 saturated heterocycles. The zero-order chi connectivity index (χ0) is 10.6. The van der Waals surface area contributed by atoms with Gasteiger partial charge in [-0.1, -0.05) is 6.08 Å². The van der Waals surface area contributed by atoms with E-state index in [2.05, 4.69) is 24.5 Å². The molecule has 4 nitrogen and oxygen atoms in total. The molecule has 0 amide bonds. The highest BCUT2D eigenvalue weighted by atomic mass is 16.5. The van der Waals surface area contributed by atoms with Crippen LogP contribution < -0.4 is 0 Å². The van der Waals surface area contributed by atoms with Crippen LogP contribution in [-0.2, 0) is 14.3 Å². The molecule has 1 N–H and O–H groups in total. The molecule has 0 aliphatic rings. The van der Waals surface area contributed by atoms with Crippen molar-refractivity contribution in [3.63, 3.8) is 0 Å². The first-order valence-electron chi connectivity index (χ1n) is 2.98. The molecule has 0 saturated carbocycles. The second-order valence-corrected chi connectivity index (χ2v) is 1.20. The van der Waals surface area contributed by atoms with E-state index in [9.17, 15) is 9.59 Å². The van der Waals surface area contributed by atoms with E-state index in [-0.39, 0.29) is 0 Å². The van der Waals surface area contributed by atoms with Gasteiger partial charge in [0.1, 0.15) is 0 Å². The Hall–Kier alpha value is -1.58. The lowest BCUT2D eigenvalue weighted by molar-refractivity contribution is -0.161. The SMILES string of the molecule is C=C.C=CC.COC(=O)C(=O)O. The minimum absolute atomic E-state index is 1.01. The molecule has 0 bridgehead atoms. The van der Waals surface area contributed by atoms with E-state index in [1.165, 1.54) is 0 Å². The molecule has 0 spiro atoms. The van der Waals surface area contributed by atoms with Crippen molar-refractivity contribution in [2.75, 3.05) is 7.11 Å². The Labute approximate surface area is 72.2 Å². The number of carbonyl (C=O) groups excluding carboxylic acids is 1. The molecule has 0 aromatic heterocycles. The van der Waals surface area contributed by atoms with Gasteiger partial charge in [-0.2, -0.15) is 0 Å². The highest BCUT2D eigenvalue weighted by molar-refractivity contribution is 6.28. The first-order valence-corrected chi connectivity index (χ1v) is 2.98. The lowest BCUT2D eigenvalue weighted by Gasteiger charge is -1.85. The average Bonchev–Trinajstić information content (AvgIpc) is 2.08. The Morgan fingerprint density at radius 1 is 1.42 bits per heavy atom. The number of esters is 1. The van der Waals surface area contributed by atoms with Crippen molar-refractivity contribution in [1.29, 1.82) is 0 Å². The summed E-state index contributed by atoms with van der Waals surface area (Å²) >= 11 is 0. The van der Waals surface area contributed by atoms with Gasteiger partial charge >= 0.3 is 11.9 Å². The van der Waals surface area contributed by atoms with E-state index >= 15 is 0 Å². The smallest absolute Gasteiger partial charge is 0.417 e. The Balaban J connectivity index is -0.000000137. The predicted molar refractivity (Wildman–Crippen MR) is 46.8 cm³/mol. The number of ether oxygens (including phenoxy) is 1. The molecule has 0 rings (SSSR count). The van der Waals surface area contributed by atoms with Crippen LogP contribution in [0.15, 0.2) is 25.8 Å². The Kier molecular flexibility index (Phi) is 22.7. The summed E-state index contributed by atoms with van der Waals surface area (Å²) in [5.74, 6) is -2.80. The summed E-state index contributed by atoms with van der Waals surface area (Å²) in [6.45, 7) is 11.2. The number of hydrogen-bond acceptors (Lipinski definition) is 3. The van der Waals surface area contributed by atoms with E-state index in [0.717, 1.165) is 7.11 Å². The maximum Gasteiger partial charge on any atom is 0.417 e. The van der Waals surface area contributed by atoms with Crippen molar-refractivity contribution in [1.82, 2.24) is 0 Å². The summed E-state index contributed by atoms with van der Waals surface area (Å²) in [5, 5.41) is 7.71. The molecule has 4 heteroatoms. The highest BCUT2D eigenvalue weighted by Crippen LogP contribution is 1.68. The minimum atomic E-state index is -1.57. The number of hydrogen-bond donors (Lipinski definition) is 1.